The van der Waals surface area contributed by atoms with E-state index in [4.69, 9.17) is 32.7 Å². The van der Waals surface area contributed by atoms with Crippen LogP contribution in [0, 0.1) is 5.92 Å². The number of hydrogen-bond donors (Lipinski definition) is 1. The van der Waals surface area contributed by atoms with Crippen LogP contribution in [0.15, 0.2) is 43.1 Å². The van der Waals surface area contributed by atoms with Crippen molar-refractivity contribution in [2.45, 2.75) is 19.4 Å². The number of fused-ring (bicyclic) bond motifs is 1. The van der Waals surface area contributed by atoms with E-state index in [1.54, 1.807) is 26.5 Å². The van der Waals surface area contributed by atoms with Crippen LogP contribution in [0.4, 0.5) is 5.95 Å². The first-order valence-electron chi connectivity index (χ1n) is 10.9. The van der Waals surface area contributed by atoms with Gasteiger partial charge in [-0.1, -0.05) is 42.8 Å². The zero-order chi connectivity index (χ0) is 24.4. The van der Waals surface area contributed by atoms with Crippen LogP contribution in [0.25, 0.3) is 22.0 Å². The summed E-state index contributed by atoms with van der Waals surface area (Å²) in [7, 11) is 3.09. The van der Waals surface area contributed by atoms with Gasteiger partial charge in [0.05, 0.1) is 35.8 Å². The molecule has 1 aromatic heterocycles. The van der Waals surface area contributed by atoms with Gasteiger partial charge in [0.25, 0.3) is 0 Å². The van der Waals surface area contributed by atoms with Gasteiger partial charge in [-0.2, -0.15) is 0 Å². The number of halogens is 2. The monoisotopic (exact) mass is 500 g/mol. The minimum absolute atomic E-state index is 0.0544. The first-order valence-corrected chi connectivity index (χ1v) is 11.7. The van der Waals surface area contributed by atoms with E-state index in [2.05, 4.69) is 28.8 Å². The summed E-state index contributed by atoms with van der Waals surface area (Å²) in [5.41, 5.74) is 2.19. The number of carbonyl (C=O) groups excluding carboxylic acids is 1. The van der Waals surface area contributed by atoms with E-state index in [1.807, 2.05) is 23.1 Å². The topological polar surface area (TPSA) is 76.6 Å². The normalized spacial score (nSPS) is 17.6. The molecule has 0 unspecified atom stereocenters. The Labute approximate surface area is 208 Å². The van der Waals surface area contributed by atoms with Crippen LogP contribution in [0.3, 0.4) is 0 Å². The Morgan fingerprint density at radius 3 is 2.53 bits per heavy atom. The molecule has 9 heteroatoms. The van der Waals surface area contributed by atoms with Gasteiger partial charge in [-0.15, -0.1) is 0 Å². The van der Waals surface area contributed by atoms with Crippen molar-refractivity contribution < 1.29 is 14.3 Å². The summed E-state index contributed by atoms with van der Waals surface area (Å²) in [5, 5.41) is 5.04. The number of amides is 1. The molecule has 2 atom stereocenters. The van der Waals surface area contributed by atoms with Crippen LogP contribution >= 0.6 is 23.2 Å². The standard InChI is InChI=1S/C25H26Cl2N4O3/c1-5-14-12-31(21(32)6-2)13-18(14)30-25-28-11-16-9-15(7-8-17(16)29-25)22-23(26)19(33-3)10-20(34-4)24(22)27/h6-11,14,18H,2,5,12-13H2,1,3-4H3,(H,28,29,30)/t14-,18-/m0/s1. The highest BCUT2D eigenvalue weighted by molar-refractivity contribution is 6.41. The number of rotatable bonds is 7. The third-order valence-electron chi connectivity index (χ3n) is 6.21. The maximum absolute atomic E-state index is 12.0. The number of nitrogens with zero attached hydrogens (tertiary/aromatic N) is 3. The van der Waals surface area contributed by atoms with E-state index < -0.39 is 0 Å². The fourth-order valence-electron chi connectivity index (χ4n) is 4.32. The minimum Gasteiger partial charge on any atom is -0.495 e. The van der Waals surface area contributed by atoms with Crippen LogP contribution in [-0.4, -0.2) is 54.1 Å². The molecule has 1 aliphatic heterocycles. The van der Waals surface area contributed by atoms with E-state index in [0.717, 1.165) is 22.9 Å². The van der Waals surface area contributed by atoms with Crippen LogP contribution in [0.5, 0.6) is 11.5 Å². The van der Waals surface area contributed by atoms with Gasteiger partial charge in [-0.05, 0) is 36.1 Å². The first-order chi connectivity index (χ1) is 16.4. The van der Waals surface area contributed by atoms with Gasteiger partial charge < -0.3 is 19.7 Å². The summed E-state index contributed by atoms with van der Waals surface area (Å²) in [6.45, 7) is 7.00. The van der Waals surface area contributed by atoms with Crippen molar-refractivity contribution in [2.75, 3.05) is 32.6 Å². The van der Waals surface area contributed by atoms with Crippen LogP contribution in [0.2, 0.25) is 10.0 Å². The number of likely N-dealkylation sites (tertiary alicyclic amines) is 1. The summed E-state index contributed by atoms with van der Waals surface area (Å²) < 4.78 is 10.8. The minimum atomic E-state index is -0.0544. The van der Waals surface area contributed by atoms with E-state index in [1.165, 1.54) is 6.08 Å². The van der Waals surface area contributed by atoms with Crippen molar-refractivity contribution in [3.8, 4) is 22.6 Å². The molecule has 178 valence electrons. The predicted octanol–water partition coefficient (Wildman–Crippen LogP) is 5.46. The van der Waals surface area contributed by atoms with Gasteiger partial charge in [0.1, 0.15) is 11.5 Å². The summed E-state index contributed by atoms with van der Waals surface area (Å²) in [6.07, 6.45) is 4.06. The van der Waals surface area contributed by atoms with Crippen molar-refractivity contribution in [3.05, 3.63) is 53.2 Å². The van der Waals surface area contributed by atoms with Gasteiger partial charge in [-0.25, -0.2) is 9.97 Å². The molecule has 1 aliphatic rings. The molecule has 0 aliphatic carbocycles. The van der Waals surface area contributed by atoms with Gasteiger partial charge in [0, 0.05) is 36.3 Å². The van der Waals surface area contributed by atoms with Crippen LogP contribution < -0.4 is 14.8 Å². The number of anilines is 1. The summed E-state index contributed by atoms with van der Waals surface area (Å²) in [6, 6.07) is 7.47. The number of nitrogens with one attached hydrogen (secondary N) is 1. The van der Waals surface area contributed by atoms with Crippen molar-refractivity contribution >= 4 is 46.0 Å². The third kappa shape index (κ3) is 4.50. The molecule has 34 heavy (non-hydrogen) atoms. The third-order valence-corrected chi connectivity index (χ3v) is 6.96. The second kappa shape index (κ2) is 10.1. The maximum Gasteiger partial charge on any atom is 0.246 e. The summed E-state index contributed by atoms with van der Waals surface area (Å²) in [4.78, 5) is 23.0. The molecule has 3 aromatic rings. The number of aromatic nitrogens is 2. The van der Waals surface area contributed by atoms with E-state index in [9.17, 15) is 4.79 Å². The van der Waals surface area contributed by atoms with E-state index >= 15 is 0 Å². The lowest BCUT2D eigenvalue weighted by atomic mass is 10.0. The second-order valence-electron chi connectivity index (χ2n) is 8.12. The molecule has 0 radical (unpaired) electrons. The average Bonchev–Trinajstić information content (AvgIpc) is 3.26. The number of hydrogen-bond acceptors (Lipinski definition) is 6. The van der Waals surface area contributed by atoms with Crippen molar-refractivity contribution in [2.24, 2.45) is 5.92 Å². The molecular formula is C25H26Cl2N4O3. The van der Waals surface area contributed by atoms with Gasteiger partial charge in [0.15, 0.2) is 0 Å². The highest BCUT2D eigenvalue weighted by Crippen LogP contribution is 2.46. The number of benzene rings is 2. The molecule has 1 amide bonds. The quantitative estimate of drug-likeness (QED) is 0.434. The molecule has 0 bridgehead atoms. The lowest BCUT2D eigenvalue weighted by Gasteiger charge is -2.18. The Hall–Kier alpha value is -3.03. The Bertz CT molecular complexity index is 1220. The lowest BCUT2D eigenvalue weighted by Crippen LogP contribution is -2.31. The molecule has 0 spiro atoms. The fourth-order valence-corrected chi connectivity index (χ4v) is 5.04. The van der Waals surface area contributed by atoms with E-state index in [-0.39, 0.29) is 11.9 Å². The first kappa shape index (κ1) is 24.1. The Balaban J connectivity index is 1.64. The van der Waals surface area contributed by atoms with Gasteiger partial charge in [0.2, 0.25) is 11.9 Å². The maximum atomic E-state index is 12.0. The zero-order valence-electron chi connectivity index (χ0n) is 19.3. The van der Waals surface area contributed by atoms with Crippen LogP contribution in [0.1, 0.15) is 13.3 Å². The summed E-state index contributed by atoms with van der Waals surface area (Å²) >= 11 is 13.2. The Kier molecular flexibility index (Phi) is 7.14. The van der Waals surface area contributed by atoms with Crippen molar-refractivity contribution in [3.63, 3.8) is 0 Å². The van der Waals surface area contributed by atoms with Crippen LogP contribution in [-0.2, 0) is 4.79 Å². The van der Waals surface area contributed by atoms with E-state index in [0.29, 0.717) is 52.1 Å². The molecule has 2 aromatic carbocycles. The largest absolute Gasteiger partial charge is 0.495 e. The fraction of sp³-hybridized carbons (Fsp3) is 0.320. The van der Waals surface area contributed by atoms with Crippen molar-refractivity contribution in [1.82, 2.24) is 14.9 Å². The molecule has 4 rings (SSSR count). The predicted molar refractivity (Wildman–Crippen MR) is 136 cm³/mol. The zero-order valence-corrected chi connectivity index (χ0v) is 20.8. The molecule has 2 heterocycles. The van der Waals surface area contributed by atoms with Crippen molar-refractivity contribution in [1.29, 1.82) is 0 Å². The molecule has 7 nitrogen and oxygen atoms in total. The molecule has 1 N–H and O–H groups in total. The second-order valence-corrected chi connectivity index (χ2v) is 8.87. The smallest absolute Gasteiger partial charge is 0.246 e. The summed E-state index contributed by atoms with van der Waals surface area (Å²) in [5.74, 6) is 1.73. The van der Waals surface area contributed by atoms with Gasteiger partial charge in [-0.3, -0.25) is 4.79 Å². The lowest BCUT2D eigenvalue weighted by molar-refractivity contribution is -0.125. The number of carbonyl (C=O) groups is 1. The van der Waals surface area contributed by atoms with Gasteiger partial charge >= 0.3 is 0 Å². The number of ether oxygens (including phenoxy) is 2. The number of methoxy groups -OCH3 is 2. The highest BCUT2D eigenvalue weighted by atomic mass is 35.5. The molecular weight excluding hydrogens is 475 g/mol. The Morgan fingerprint density at radius 2 is 1.91 bits per heavy atom. The SMILES string of the molecule is C=CC(=O)N1C[C@H](CC)[C@@H](Nc2ncc3cc(-c4c(Cl)c(OC)cc(OC)c4Cl)ccc3n2)C1. The molecule has 1 saturated heterocycles. The molecule has 0 saturated carbocycles. The Morgan fingerprint density at radius 1 is 1.21 bits per heavy atom. The molecule has 1 fully saturated rings. The highest BCUT2D eigenvalue weighted by Gasteiger charge is 2.33. The average molecular weight is 501 g/mol.